The van der Waals surface area contributed by atoms with Gasteiger partial charge in [0, 0.05) is 22.9 Å². The van der Waals surface area contributed by atoms with Gasteiger partial charge >= 0.3 is 0 Å². The lowest BCUT2D eigenvalue weighted by atomic mass is 9.77. The molecule has 21 heavy (non-hydrogen) atoms. The molecular formula is C19H17NO. The molecule has 0 aromatic heterocycles. The lowest BCUT2D eigenvalue weighted by Gasteiger charge is -2.26. The van der Waals surface area contributed by atoms with Crippen LogP contribution in [0.15, 0.2) is 48.5 Å². The van der Waals surface area contributed by atoms with E-state index in [1.54, 1.807) is 0 Å². The van der Waals surface area contributed by atoms with Gasteiger partial charge in [0.1, 0.15) is 0 Å². The van der Waals surface area contributed by atoms with E-state index >= 15 is 0 Å². The molecule has 1 amide bonds. The van der Waals surface area contributed by atoms with Gasteiger partial charge in [-0.05, 0) is 42.0 Å². The fraction of sp³-hybridized carbons (Fsp3) is 0.316. The normalized spacial score (nSPS) is 31.9. The summed E-state index contributed by atoms with van der Waals surface area (Å²) in [6, 6.07) is 17.2. The highest BCUT2D eigenvalue weighted by Gasteiger charge is 2.69. The molecule has 2 aromatic carbocycles. The van der Waals surface area contributed by atoms with E-state index < -0.39 is 0 Å². The number of rotatable bonds is 0. The van der Waals surface area contributed by atoms with Crippen LogP contribution in [0.25, 0.3) is 0 Å². The summed E-state index contributed by atoms with van der Waals surface area (Å²) in [6.45, 7) is 0. The summed E-state index contributed by atoms with van der Waals surface area (Å²) in [5, 5.41) is 3.27. The zero-order valence-electron chi connectivity index (χ0n) is 11.8. The van der Waals surface area contributed by atoms with E-state index in [-0.39, 0.29) is 11.3 Å². The van der Waals surface area contributed by atoms with Gasteiger partial charge in [-0.2, -0.15) is 0 Å². The van der Waals surface area contributed by atoms with Crippen LogP contribution in [0.4, 0.5) is 0 Å². The summed E-state index contributed by atoms with van der Waals surface area (Å²) >= 11 is 0. The van der Waals surface area contributed by atoms with Gasteiger partial charge in [-0.25, -0.2) is 0 Å². The minimum Gasteiger partial charge on any atom is -0.348 e. The fourth-order valence-electron chi connectivity index (χ4n) is 4.85. The van der Waals surface area contributed by atoms with E-state index in [4.69, 9.17) is 0 Å². The maximum atomic E-state index is 12.3. The fourth-order valence-corrected chi connectivity index (χ4v) is 4.85. The molecule has 2 nitrogen and oxygen atoms in total. The molecule has 1 aliphatic heterocycles. The molecule has 2 aromatic rings. The molecule has 104 valence electrons. The number of carbonyl (C=O) groups is 1. The average Bonchev–Trinajstić information content (AvgIpc) is 3.16. The number of carbonyl (C=O) groups excluding carboxylic acids is 1. The Kier molecular flexibility index (Phi) is 2.07. The monoisotopic (exact) mass is 275 g/mol. The Morgan fingerprint density at radius 2 is 1.86 bits per heavy atom. The Balaban J connectivity index is 1.71. The Morgan fingerprint density at radius 3 is 2.81 bits per heavy atom. The third-order valence-electron chi connectivity index (χ3n) is 5.72. The van der Waals surface area contributed by atoms with Gasteiger partial charge in [0.2, 0.25) is 0 Å². The van der Waals surface area contributed by atoms with Crippen molar-refractivity contribution in [2.45, 2.75) is 36.6 Å². The van der Waals surface area contributed by atoms with Gasteiger partial charge in [-0.15, -0.1) is 0 Å². The molecule has 5 rings (SSSR count). The first-order valence-electron chi connectivity index (χ1n) is 7.80. The molecule has 2 heteroatoms. The molecule has 3 atom stereocenters. The van der Waals surface area contributed by atoms with Crippen molar-refractivity contribution in [1.29, 1.82) is 0 Å². The Hall–Kier alpha value is -2.09. The van der Waals surface area contributed by atoms with Crippen LogP contribution in [0.3, 0.4) is 0 Å². The molecule has 0 unspecified atom stereocenters. The predicted molar refractivity (Wildman–Crippen MR) is 81.5 cm³/mol. The first-order chi connectivity index (χ1) is 10.3. The molecule has 0 saturated heterocycles. The summed E-state index contributed by atoms with van der Waals surface area (Å²) in [5.41, 5.74) is 5.23. The third kappa shape index (κ3) is 1.31. The number of hydrogen-bond acceptors (Lipinski definition) is 1. The van der Waals surface area contributed by atoms with Crippen molar-refractivity contribution in [2.75, 3.05) is 0 Å². The topological polar surface area (TPSA) is 29.1 Å². The van der Waals surface area contributed by atoms with E-state index in [2.05, 4.69) is 41.7 Å². The molecular weight excluding hydrogens is 258 g/mol. The summed E-state index contributed by atoms with van der Waals surface area (Å²) in [4.78, 5) is 12.3. The number of benzene rings is 2. The van der Waals surface area contributed by atoms with Crippen molar-refractivity contribution >= 4 is 5.91 Å². The van der Waals surface area contributed by atoms with E-state index in [1.165, 1.54) is 36.0 Å². The highest BCUT2D eigenvalue weighted by molar-refractivity contribution is 5.99. The van der Waals surface area contributed by atoms with Crippen LogP contribution in [-0.2, 0) is 11.8 Å². The van der Waals surface area contributed by atoms with Gasteiger partial charge < -0.3 is 5.32 Å². The van der Waals surface area contributed by atoms with Gasteiger partial charge in [-0.3, -0.25) is 4.79 Å². The molecule has 0 radical (unpaired) electrons. The Labute approximate surface area is 124 Å². The van der Waals surface area contributed by atoms with Crippen molar-refractivity contribution < 1.29 is 4.79 Å². The molecule has 1 spiro atoms. The molecule has 3 aliphatic rings. The maximum Gasteiger partial charge on any atom is 0.251 e. The highest BCUT2D eigenvalue weighted by atomic mass is 16.1. The van der Waals surface area contributed by atoms with Crippen LogP contribution >= 0.6 is 0 Å². The van der Waals surface area contributed by atoms with Crippen LogP contribution in [0, 0.1) is 0 Å². The summed E-state index contributed by atoms with van der Waals surface area (Å²) in [7, 11) is 0. The summed E-state index contributed by atoms with van der Waals surface area (Å²) < 4.78 is 0. The van der Waals surface area contributed by atoms with Crippen LogP contribution < -0.4 is 5.32 Å². The minimum absolute atomic E-state index is 0.103. The standard InChI is InChI=1S/C19H17NO/c21-18-14-9-3-2-8-13(14)16-17(20-18)19(16)11-5-7-12-6-1-4-10-15(12)19/h1-4,6,8-10,16-17H,5,7,11H2,(H,20,21)/t16-,17+,19+/m0/s1. The second-order valence-corrected chi connectivity index (χ2v) is 6.57. The van der Waals surface area contributed by atoms with E-state index in [1.807, 2.05) is 12.1 Å². The van der Waals surface area contributed by atoms with Gasteiger partial charge in [0.05, 0.1) is 0 Å². The van der Waals surface area contributed by atoms with Crippen LogP contribution in [0.2, 0.25) is 0 Å². The molecule has 1 saturated carbocycles. The van der Waals surface area contributed by atoms with Crippen LogP contribution in [0.1, 0.15) is 45.8 Å². The minimum atomic E-state index is 0.103. The Bertz CT molecular complexity index is 766. The number of amides is 1. The molecule has 2 aliphatic carbocycles. The van der Waals surface area contributed by atoms with Crippen molar-refractivity contribution in [2.24, 2.45) is 0 Å². The smallest absolute Gasteiger partial charge is 0.251 e. The highest BCUT2D eigenvalue weighted by Crippen LogP contribution is 2.66. The zero-order valence-corrected chi connectivity index (χ0v) is 11.8. The zero-order chi connectivity index (χ0) is 14.0. The quantitative estimate of drug-likeness (QED) is 0.786. The van der Waals surface area contributed by atoms with Crippen LogP contribution in [0.5, 0.6) is 0 Å². The predicted octanol–water partition coefficient (Wildman–Crippen LogP) is 3.17. The number of nitrogens with one attached hydrogen (secondary N) is 1. The first-order valence-corrected chi connectivity index (χ1v) is 7.80. The van der Waals surface area contributed by atoms with Gasteiger partial charge in [-0.1, -0.05) is 42.5 Å². The lowest BCUT2D eigenvalue weighted by Crippen LogP contribution is -2.34. The number of fused-ring (bicyclic) bond motifs is 7. The van der Waals surface area contributed by atoms with Crippen molar-refractivity contribution in [1.82, 2.24) is 5.32 Å². The molecule has 0 bridgehead atoms. The van der Waals surface area contributed by atoms with E-state index in [0.717, 1.165) is 5.56 Å². The maximum absolute atomic E-state index is 12.3. The SMILES string of the molecule is O=C1N[C@@H]2[C@H](c3ccccc31)[C@]21CCCc2ccccc21. The summed E-state index contributed by atoms with van der Waals surface area (Å²) in [6.07, 6.45) is 3.59. The summed E-state index contributed by atoms with van der Waals surface area (Å²) in [5.74, 6) is 0.569. The van der Waals surface area contributed by atoms with Gasteiger partial charge in [0.25, 0.3) is 5.91 Å². The average molecular weight is 275 g/mol. The van der Waals surface area contributed by atoms with Crippen molar-refractivity contribution in [3.8, 4) is 0 Å². The second kappa shape index (κ2) is 3.76. The van der Waals surface area contributed by atoms with Gasteiger partial charge in [0.15, 0.2) is 0 Å². The molecule has 1 heterocycles. The third-order valence-corrected chi connectivity index (χ3v) is 5.72. The van der Waals surface area contributed by atoms with Crippen molar-refractivity contribution in [3.63, 3.8) is 0 Å². The van der Waals surface area contributed by atoms with E-state index in [0.29, 0.717) is 12.0 Å². The second-order valence-electron chi connectivity index (χ2n) is 6.57. The number of aryl methyl sites for hydroxylation is 1. The van der Waals surface area contributed by atoms with Crippen LogP contribution in [-0.4, -0.2) is 11.9 Å². The Morgan fingerprint density at radius 1 is 1.05 bits per heavy atom. The largest absolute Gasteiger partial charge is 0.348 e. The van der Waals surface area contributed by atoms with E-state index in [9.17, 15) is 4.79 Å². The molecule has 1 N–H and O–H groups in total. The lowest BCUT2D eigenvalue weighted by molar-refractivity contribution is 0.0941. The van der Waals surface area contributed by atoms with Crippen molar-refractivity contribution in [3.05, 3.63) is 70.8 Å². The molecule has 1 fully saturated rings. The number of hydrogen-bond donors (Lipinski definition) is 1. The first kappa shape index (κ1) is 11.6.